The highest BCUT2D eigenvalue weighted by molar-refractivity contribution is 5.47. The Balaban J connectivity index is 1.90. The smallest absolute Gasteiger partial charge is 0.160 e. The van der Waals surface area contributed by atoms with Crippen LogP contribution in [0.1, 0.15) is 33.1 Å². The van der Waals surface area contributed by atoms with E-state index in [4.69, 9.17) is 0 Å². The second kappa shape index (κ2) is 7.02. The summed E-state index contributed by atoms with van der Waals surface area (Å²) in [4.78, 5) is 2.14. The Morgan fingerprint density at radius 3 is 2.80 bits per heavy atom. The average Bonchev–Trinajstić information content (AvgIpc) is 2.42. The van der Waals surface area contributed by atoms with Gasteiger partial charge in [-0.25, -0.2) is 8.78 Å². The third-order valence-corrected chi connectivity index (χ3v) is 3.84. The molecule has 1 fully saturated rings. The minimum absolute atomic E-state index is 0.440. The van der Waals surface area contributed by atoms with Gasteiger partial charge in [-0.1, -0.05) is 13.8 Å². The molecule has 0 spiro atoms. The van der Waals surface area contributed by atoms with Crippen molar-refractivity contribution < 1.29 is 8.78 Å². The van der Waals surface area contributed by atoms with E-state index in [1.165, 1.54) is 18.6 Å². The summed E-state index contributed by atoms with van der Waals surface area (Å²) in [6.07, 6.45) is 3.40. The quantitative estimate of drug-likeness (QED) is 0.888. The van der Waals surface area contributed by atoms with Gasteiger partial charge in [0.05, 0.1) is 0 Å². The summed E-state index contributed by atoms with van der Waals surface area (Å²) < 4.78 is 26.3. The highest BCUT2D eigenvalue weighted by Gasteiger charge is 2.20. The van der Waals surface area contributed by atoms with E-state index in [0.717, 1.165) is 38.2 Å². The molecule has 1 aliphatic heterocycles. The maximum Gasteiger partial charge on any atom is 0.160 e. The molecule has 4 heteroatoms. The van der Waals surface area contributed by atoms with Gasteiger partial charge in [-0.3, -0.25) is 0 Å². The molecular formula is C16H24F2N2. The van der Waals surface area contributed by atoms with Gasteiger partial charge in [-0.15, -0.1) is 0 Å². The number of benzene rings is 1. The second-order valence-electron chi connectivity index (χ2n) is 6.02. The van der Waals surface area contributed by atoms with Crippen molar-refractivity contribution in [3.8, 4) is 0 Å². The van der Waals surface area contributed by atoms with Crippen LogP contribution in [0, 0.1) is 17.6 Å². The van der Waals surface area contributed by atoms with Gasteiger partial charge in [-0.05, 0) is 43.9 Å². The molecule has 2 nitrogen and oxygen atoms in total. The zero-order valence-corrected chi connectivity index (χ0v) is 12.3. The summed E-state index contributed by atoms with van der Waals surface area (Å²) in [5.41, 5.74) is 0.777. The van der Waals surface area contributed by atoms with Crippen LogP contribution < -0.4 is 10.2 Å². The van der Waals surface area contributed by atoms with Crippen LogP contribution in [0.2, 0.25) is 0 Å². The molecule has 1 atom stereocenters. The van der Waals surface area contributed by atoms with Crippen molar-refractivity contribution in [3.05, 3.63) is 29.8 Å². The van der Waals surface area contributed by atoms with Crippen LogP contribution in [0.5, 0.6) is 0 Å². The number of nitrogens with one attached hydrogen (secondary N) is 1. The number of nitrogens with zero attached hydrogens (tertiary/aromatic N) is 1. The number of piperidine rings is 1. The van der Waals surface area contributed by atoms with Crippen molar-refractivity contribution in [3.63, 3.8) is 0 Å². The van der Waals surface area contributed by atoms with Gasteiger partial charge in [0.15, 0.2) is 11.6 Å². The van der Waals surface area contributed by atoms with Crippen molar-refractivity contribution in [2.45, 2.75) is 39.2 Å². The fourth-order valence-electron chi connectivity index (χ4n) is 2.64. The summed E-state index contributed by atoms with van der Waals surface area (Å²) in [7, 11) is 0. The summed E-state index contributed by atoms with van der Waals surface area (Å²) in [6, 6.07) is 4.61. The first-order chi connectivity index (χ1) is 9.56. The van der Waals surface area contributed by atoms with Gasteiger partial charge >= 0.3 is 0 Å². The topological polar surface area (TPSA) is 15.3 Å². The lowest BCUT2D eigenvalue weighted by Gasteiger charge is -2.35. The molecule has 0 radical (unpaired) electrons. The Morgan fingerprint density at radius 2 is 2.10 bits per heavy atom. The largest absolute Gasteiger partial charge is 0.370 e. The number of hydrogen-bond donors (Lipinski definition) is 1. The molecule has 1 saturated heterocycles. The van der Waals surface area contributed by atoms with Gasteiger partial charge in [0.1, 0.15) is 0 Å². The fraction of sp³-hybridized carbons (Fsp3) is 0.625. The first kappa shape index (κ1) is 15.2. The molecule has 0 aromatic heterocycles. The van der Waals surface area contributed by atoms with Crippen LogP contribution in [-0.2, 0) is 0 Å². The Hall–Kier alpha value is -1.16. The van der Waals surface area contributed by atoms with E-state index in [2.05, 4.69) is 24.1 Å². The van der Waals surface area contributed by atoms with E-state index in [1.54, 1.807) is 6.07 Å². The summed E-state index contributed by atoms with van der Waals surface area (Å²) in [6.45, 7) is 7.23. The van der Waals surface area contributed by atoms with Gasteiger partial charge < -0.3 is 10.2 Å². The predicted octanol–water partition coefficient (Wildman–Crippen LogP) is 3.57. The van der Waals surface area contributed by atoms with Crippen LogP contribution in [0.3, 0.4) is 0 Å². The molecule has 1 aromatic carbocycles. The van der Waals surface area contributed by atoms with Gasteiger partial charge in [0.25, 0.3) is 0 Å². The monoisotopic (exact) mass is 282 g/mol. The van der Waals surface area contributed by atoms with Crippen LogP contribution in [-0.4, -0.2) is 25.7 Å². The van der Waals surface area contributed by atoms with Crippen molar-refractivity contribution in [1.82, 2.24) is 5.32 Å². The lowest BCUT2D eigenvalue weighted by Crippen LogP contribution is -2.46. The predicted molar refractivity (Wildman–Crippen MR) is 79.1 cm³/mol. The molecule has 1 heterocycles. The minimum atomic E-state index is -0.780. The molecule has 1 aromatic rings. The maximum atomic E-state index is 13.3. The van der Waals surface area contributed by atoms with Crippen molar-refractivity contribution in [2.75, 3.05) is 24.5 Å². The maximum absolute atomic E-state index is 13.3. The van der Waals surface area contributed by atoms with E-state index in [-0.39, 0.29) is 0 Å². The number of hydrogen-bond acceptors (Lipinski definition) is 2. The van der Waals surface area contributed by atoms with E-state index < -0.39 is 11.6 Å². The Morgan fingerprint density at radius 1 is 1.30 bits per heavy atom. The molecular weight excluding hydrogens is 258 g/mol. The lowest BCUT2D eigenvalue weighted by molar-refractivity contribution is 0.405. The molecule has 1 N–H and O–H groups in total. The summed E-state index contributed by atoms with van der Waals surface area (Å²) in [5.74, 6) is -0.844. The van der Waals surface area contributed by atoms with Crippen LogP contribution >= 0.6 is 0 Å². The zero-order chi connectivity index (χ0) is 14.5. The standard InChI is InChI=1S/C16H24F2N2/c1-12(2)7-8-19-13-4-3-9-20(11-13)14-5-6-15(17)16(18)10-14/h5-6,10,12-13,19H,3-4,7-9,11H2,1-2H3. The zero-order valence-electron chi connectivity index (χ0n) is 12.3. The molecule has 0 saturated carbocycles. The van der Waals surface area contributed by atoms with E-state index >= 15 is 0 Å². The molecule has 0 amide bonds. The van der Waals surface area contributed by atoms with Gasteiger partial charge in [0, 0.05) is 30.9 Å². The Bertz CT molecular complexity index is 434. The first-order valence-electron chi connectivity index (χ1n) is 7.49. The summed E-state index contributed by atoms with van der Waals surface area (Å²) >= 11 is 0. The second-order valence-corrected chi connectivity index (χ2v) is 6.02. The molecule has 1 aliphatic rings. The fourth-order valence-corrected chi connectivity index (χ4v) is 2.64. The van der Waals surface area contributed by atoms with Crippen molar-refractivity contribution in [1.29, 1.82) is 0 Å². The molecule has 1 unspecified atom stereocenters. The van der Waals surface area contributed by atoms with Crippen LogP contribution in [0.25, 0.3) is 0 Å². The highest BCUT2D eigenvalue weighted by atomic mass is 19.2. The first-order valence-corrected chi connectivity index (χ1v) is 7.49. The Kier molecular flexibility index (Phi) is 5.35. The van der Waals surface area contributed by atoms with E-state index in [9.17, 15) is 8.78 Å². The highest BCUT2D eigenvalue weighted by Crippen LogP contribution is 2.22. The van der Waals surface area contributed by atoms with Crippen LogP contribution in [0.4, 0.5) is 14.5 Å². The number of halogens is 2. The normalized spacial score (nSPS) is 19.6. The Labute approximate surface area is 120 Å². The van der Waals surface area contributed by atoms with Crippen LogP contribution in [0.15, 0.2) is 18.2 Å². The van der Waals surface area contributed by atoms with Crippen molar-refractivity contribution >= 4 is 5.69 Å². The van der Waals surface area contributed by atoms with Crippen molar-refractivity contribution in [2.24, 2.45) is 5.92 Å². The summed E-state index contributed by atoms with van der Waals surface area (Å²) in [5, 5.41) is 3.57. The molecule has 20 heavy (non-hydrogen) atoms. The third kappa shape index (κ3) is 4.17. The van der Waals surface area contributed by atoms with E-state index in [1.807, 2.05) is 0 Å². The third-order valence-electron chi connectivity index (χ3n) is 3.84. The molecule has 2 rings (SSSR count). The van der Waals surface area contributed by atoms with Gasteiger partial charge in [0.2, 0.25) is 0 Å². The molecule has 0 aliphatic carbocycles. The minimum Gasteiger partial charge on any atom is -0.370 e. The lowest BCUT2D eigenvalue weighted by atomic mass is 10.0. The number of rotatable bonds is 5. The van der Waals surface area contributed by atoms with Gasteiger partial charge in [-0.2, -0.15) is 0 Å². The SMILES string of the molecule is CC(C)CCNC1CCCN(c2ccc(F)c(F)c2)C1. The number of anilines is 1. The average molecular weight is 282 g/mol. The molecule has 112 valence electrons. The van der Waals surface area contributed by atoms with E-state index in [0.29, 0.717) is 12.0 Å². The molecule has 0 bridgehead atoms.